The third kappa shape index (κ3) is 2.83. The second kappa shape index (κ2) is 5.67. The first-order valence-corrected chi connectivity index (χ1v) is 5.86. The molecule has 0 aliphatic heterocycles. The molecule has 3 aromatic rings. The maximum atomic E-state index is 4.30. The predicted octanol–water partition coefficient (Wildman–Crippen LogP) is 0.686. The number of hydrogen-bond donors (Lipinski definition) is 1. The summed E-state index contributed by atoms with van der Waals surface area (Å²) in [4.78, 5) is 8.55. The van der Waals surface area contributed by atoms with Gasteiger partial charge >= 0.3 is 0 Å². The van der Waals surface area contributed by atoms with Crippen LogP contribution in [0.1, 0.15) is 5.56 Å². The number of rotatable bonds is 2. The highest BCUT2D eigenvalue weighted by Crippen LogP contribution is 2.22. The lowest BCUT2D eigenvalue weighted by molar-refractivity contribution is -0.00000373. The molecular formula is C15H13ClN3-. The Morgan fingerprint density at radius 2 is 1.63 bits per heavy atom. The van der Waals surface area contributed by atoms with Gasteiger partial charge in [-0.2, -0.15) is 0 Å². The normalized spacial score (nSPS) is 9.95. The van der Waals surface area contributed by atoms with Crippen molar-refractivity contribution in [2.45, 2.75) is 6.92 Å². The van der Waals surface area contributed by atoms with Crippen molar-refractivity contribution in [1.82, 2.24) is 9.97 Å². The summed E-state index contributed by atoms with van der Waals surface area (Å²) in [7, 11) is 0. The van der Waals surface area contributed by atoms with Crippen LogP contribution < -0.4 is 17.7 Å². The Labute approximate surface area is 118 Å². The highest BCUT2D eigenvalue weighted by atomic mass is 35.5. The van der Waals surface area contributed by atoms with Crippen LogP contribution in [0.4, 0.5) is 11.5 Å². The van der Waals surface area contributed by atoms with Crippen molar-refractivity contribution in [2.24, 2.45) is 0 Å². The molecule has 19 heavy (non-hydrogen) atoms. The quantitative estimate of drug-likeness (QED) is 0.744. The van der Waals surface area contributed by atoms with E-state index in [1.165, 1.54) is 5.56 Å². The second-order valence-corrected chi connectivity index (χ2v) is 4.23. The van der Waals surface area contributed by atoms with E-state index in [1.807, 2.05) is 36.4 Å². The molecule has 0 radical (unpaired) electrons. The monoisotopic (exact) mass is 270 g/mol. The topological polar surface area (TPSA) is 37.8 Å². The van der Waals surface area contributed by atoms with Gasteiger partial charge in [-0.15, -0.1) is 0 Å². The van der Waals surface area contributed by atoms with E-state index in [0.717, 1.165) is 22.4 Å². The summed E-state index contributed by atoms with van der Waals surface area (Å²) < 4.78 is 0. The average molecular weight is 271 g/mol. The van der Waals surface area contributed by atoms with E-state index in [4.69, 9.17) is 0 Å². The Balaban J connectivity index is 0.00000133. The zero-order chi connectivity index (χ0) is 12.4. The Kier molecular flexibility index (Phi) is 3.97. The summed E-state index contributed by atoms with van der Waals surface area (Å²) in [5.41, 5.74) is 3.22. The number of hydrogen-bond acceptors (Lipinski definition) is 3. The number of fused-ring (bicyclic) bond motifs is 1. The van der Waals surface area contributed by atoms with Crippen molar-refractivity contribution < 1.29 is 12.4 Å². The Hall–Kier alpha value is -2.13. The van der Waals surface area contributed by atoms with Crippen molar-refractivity contribution in [3.63, 3.8) is 0 Å². The average Bonchev–Trinajstić information content (AvgIpc) is 2.42. The summed E-state index contributed by atoms with van der Waals surface area (Å²) in [6.07, 6.45) is 1.58. The third-order valence-corrected chi connectivity index (χ3v) is 2.86. The number of anilines is 2. The van der Waals surface area contributed by atoms with E-state index in [9.17, 15) is 0 Å². The summed E-state index contributed by atoms with van der Waals surface area (Å²) in [6, 6.07) is 16.2. The van der Waals surface area contributed by atoms with Gasteiger partial charge in [0.1, 0.15) is 12.1 Å². The molecule has 1 heterocycles. The predicted molar refractivity (Wildman–Crippen MR) is 74.0 cm³/mol. The van der Waals surface area contributed by atoms with E-state index in [2.05, 4.69) is 34.3 Å². The van der Waals surface area contributed by atoms with Crippen LogP contribution in [0.25, 0.3) is 10.9 Å². The van der Waals surface area contributed by atoms with Crippen LogP contribution in [0.2, 0.25) is 0 Å². The SMILES string of the molecule is Cc1ccc(Nc2ncnc3ccccc23)cc1.[Cl-]. The van der Waals surface area contributed by atoms with Crippen LogP contribution in [-0.2, 0) is 0 Å². The summed E-state index contributed by atoms with van der Waals surface area (Å²) >= 11 is 0. The van der Waals surface area contributed by atoms with E-state index in [0.29, 0.717) is 0 Å². The molecule has 0 atom stereocenters. The molecule has 1 aromatic heterocycles. The smallest absolute Gasteiger partial charge is 0.141 e. The first-order valence-electron chi connectivity index (χ1n) is 5.86. The van der Waals surface area contributed by atoms with E-state index >= 15 is 0 Å². The maximum absolute atomic E-state index is 4.30. The first kappa shape index (κ1) is 13.3. The molecule has 3 rings (SSSR count). The molecule has 3 nitrogen and oxygen atoms in total. The fraction of sp³-hybridized carbons (Fsp3) is 0.0667. The highest BCUT2D eigenvalue weighted by Gasteiger charge is 2.02. The van der Waals surface area contributed by atoms with Crippen molar-refractivity contribution in [1.29, 1.82) is 0 Å². The van der Waals surface area contributed by atoms with Crippen LogP contribution in [0, 0.1) is 6.92 Å². The van der Waals surface area contributed by atoms with Crippen LogP contribution >= 0.6 is 0 Å². The van der Waals surface area contributed by atoms with Gasteiger partial charge in [-0.25, -0.2) is 9.97 Å². The maximum Gasteiger partial charge on any atom is 0.141 e. The molecule has 0 bridgehead atoms. The van der Waals surface area contributed by atoms with Crippen molar-refractivity contribution in [3.05, 3.63) is 60.4 Å². The largest absolute Gasteiger partial charge is 1.00 e. The van der Waals surface area contributed by atoms with Crippen molar-refractivity contribution in [3.8, 4) is 0 Å². The molecule has 0 fully saturated rings. The number of nitrogens with one attached hydrogen (secondary N) is 1. The molecule has 0 unspecified atom stereocenters. The number of para-hydroxylation sites is 1. The van der Waals surface area contributed by atoms with Gasteiger partial charge < -0.3 is 17.7 Å². The lowest BCUT2D eigenvalue weighted by atomic mass is 10.2. The Morgan fingerprint density at radius 1 is 0.895 bits per heavy atom. The zero-order valence-corrected chi connectivity index (χ0v) is 11.2. The van der Waals surface area contributed by atoms with Gasteiger partial charge in [-0.1, -0.05) is 29.8 Å². The lowest BCUT2D eigenvalue weighted by Gasteiger charge is -2.08. The van der Waals surface area contributed by atoms with Gasteiger partial charge in [0, 0.05) is 11.1 Å². The van der Waals surface area contributed by atoms with Gasteiger partial charge in [-0.05, 0) is 31.2 Å². The lowest BCUT2D eigenvalue weighted by Crippen LogP contribution is -3.00. The van der Waals surface area contributed by atoms with E-state index in [1.54, 1.807) is 6.33 Å². The number of aryl methyl sites for hydroxylation is 1. The van der Waals surface area contributed by atoms with Crippen LogP contribution in [0.5, 0.6) is 0 Å². The molecule has 0 aliphatic carbocycles. The summed E-state index contributed by atoms with van der Waals surface area (Å²) in [6.45, 7) is 2.07. The minimum absolute atomic E-state index is 0. The molecule has 0 spiro atoms. The zero-order valence-electron chi connectivity index (χ0n) is 10.5. The van der Waals surface area contributed by atoms with Crippen LogP contribution in [0.3, 0.4) is 0 Å². The van der Waals surface area contributed by atoms with Crippen LogP contribution in [-0.4, -0.2) is 9.97 Å². The van der Waals surface area contributed by atoms with Gasteiger partial charge in [0.25, 0.3) is 0 Å². The summed E-state index contributed by atoms with van der Waals surface area (Å²) in [5.74, 6) is 0.837. The highest BCUT2D eigenvalue weighted by molar-refractivity contribution is 5.90. The number of halogens is 1. The fourth-order valence-electron chi connectivity index (χ4n) is 1.88. The molecule has 2 aromatic carbocycles. The molecule has 0 saturated carbocycles. The van der Waals surface area contributed by atoms with E-state index in [-0.39, 0.29) is 12.4 Å². The molecular weight excluding hydrogens is 258 g/mol. The Morgan fingerprint density at radius 3 is 2.42 bits per heavy atom. The Bertz CT molecular complexity index is 675. The number of aromatic nitrogens is 2. The number of benzene rings is 2. The fourth-order valence-corrected chi connectivity index (χ4v) is 1.88. The van der Waals surface area contributed by atoms with E-state index < -0.39 is 0 Å². The minimum atomic E-state index is 0. The standard InChI is InChI=1S/C15H13N3.ClH/c1-11-6-8-12(9-7-11)18-15-13-4-2-3-5-14(13)16-10-17-15;/h2-10H,1H3,(H,16,17,18);1H/p-1. The molecule has 4 heteroatoms. The van der Waals surface area contributed by atoms with Crippen molar-refractivity contribution in [2.75, 3.05) is 5.32 Å². The molecule has 0 saturated heterocycles. The molecule has 96 valence electrons. The van der Waals surface area contributed by atoms with Gasteiger partial charge in [0.05, 0.1) is 5.52 Å². The van der Waals surface area contributed by atoms with Gasteiger partial charge in [0.2, 0.25) is 0 Å². The van der Waals surface area contributed by atoms with Gasteiger partial charge in [-0.3, -0.25) is 0 Å². The van der Waals surface area contributed by atoms with Crippen LogP contribution in [0.15, 0.2) is 54.9 Å². The first-order chi connectivity index (χ1) is 8.83. The minimum Gasteiger partial charge on any atom is -1.00 e. The number of nitrogens with zero attached hydrogens (tertiary/aromatic N) is 2. The molecule has 1 N–H and O–H groups in total. The van der Waals surface area contributed by atoms with Crippen molar-refractivity contribution >= 4 is 22.4 Å². The molecule has 0 aliphatic rings. The molecule has 0 amide bonds. The second-order valence-electron chi connectivity index (χ2n) is 4.23. The third-order valence-electron chi connectivity index (χ3n) is 2.86. The van der Waals surface area contributed by atoms with Gasteiger partial charge in [0.15, 0.2) is 0 Å². The summed E-state index contributed by atoms with van der Waals surface area (Å²) in [5, 5.41) is 4.35.